The monoisotopic (exact) mass is 332 g/mol. The molecule has 7 nitrogen and oxygen atoms in total. The molecule has 0 bridgehead atoms. The Morgan fingerprint density at radius 2 is 1.72 bits per heavy atom. The maximum Gasteiger partial charge on any atom is 0.335 e. The molecule has 0 fully saturated rings. The highest BCUT2D eigenvalue weighted by Crippen LogP contribution is 2.25. The van der Waals surface area contributed by atoms with E-state index >= 15 is 0 Å². The van der Waals surface area contributed by atoms with Crippen molar-refractivity contribution in [2.45, 2.75) is 0 Å². The van der Waals surface area contributed by atoms with Crippen LogP contribution in [-0.2, 0) is 0 Å². The summed E-state index contributed by atoms with van der Waals surface area (Å²) in [6, 6.07) is 15.8. The van der Waals surface area contributed by atoms with E-state index in [9.17, 15) is 4.79 Å². The van der Waals surface area contributed by atoms with Gasteiger partial charge in [-0.15, -0.1) is 10.2 Å². The molecule has 0 spiro atoms. The summed E-state index contributed by atoms with van der Waals surface area (Å²) >= 11 is 0. The lowest BCUT2D eigenvalue weighted by atomic mass is 10.1. The van der Waals surface area contributed by atoms with Crippen LogP contribution in [0.15, 0.2) is 71.4 Å². The molecule has 122 valence electrons. The lowest BCUT2D eigenvalue weighted by Gasteiger charge is -2.01. The molecule has 4 rings (SSSR count). The summed E-state index contributed by atoms with van der Waals surface area (Å²) in [6.07, 6.45) is 3.57. The van der Waals surface area contributed by atoms with Crippen molar-refractivity contribution < 1.29 is 14.3 Å². The maximum absolute atomic E-state index is 11.1. The topological polar surface area (TPSA) is 94.0 Å². The number of carboxylic acid groups (broad SMARTS) is 1. The van der Waals surface area contributed by atoms with Gasteiger partial charge >= 0.3 is 5.97 Å². The van der Waals surface area contributed by atoms with E-state index in [-0.39, 0.29) is 11.5 Å². The molecule has 0 aliphatic carbocycles. The number of carbonyl (C=O) groups is 1. The van der Waals surface area contributed by atoms with E-state index in [2.05, 4.69) is 15.3 Å². The summed E-state index contributed by atoms with van der Waals surface area (Å²) in [6.45, 7) is 0. The standard InChI is InChI=1S/C18H12N4O3/c23-18(24)14-4-1-3-13(11-14)17-21-20-16(25-17)12-5-7-15(8-6-12)22-10-2-9-19-22/h1-11H,(H,23,24). The molecule has 0 amide bonds. The molecule has 0 unspecified atom stereocenters. The fourth-order valence-corrected chi connectivity index (χ4v) is 2.42. The normalized spacial score (nSPS) is 10.7. The van der Waals surface area contributed by atoms with Crippen molar-refractivity contribution in [3.8, 4) is 28.6 Å². The van der Waals surface area contributed by atoms with Crippen molar-refractivity contribution in [1.29, 1.82) is 0 Å². The number of rotatable bonds is 4. The fraction of sp³-hybridized carbons (Fsp3) is 0. The predicted molar refractivity (Wildman–Crippen MR) is 89.3 cm³/mol. The molecule has 0 saturated heterocycles. The van der Waals surface area contributed by atoms with Crippen molar-refractivity contribution in [2.24, 2.45) is 0 Å². The van der Waals surface area contributed by atoms with Crippen molar-refractivity contribution >= 4 is 5.97 Å². The zero-order valence-electron chi connectivity index (χ0n) is 12.9. The Labute approximate surface area is 142 Å². The van der Waals surface area contributed by atoms with Crippen LogP contribution >= 0.6 is 0 Å². The van der Waals surface area contributed by atoms with Gasteiger partial charge in [0.1, 0.15) is 0 Å². The molecule has 0 aliphatic rings. The first kappa shape index (κ1) is 14.8. The van der Waals surface area contributed by atoms with Crippen LogP contribution < -0.4 is 0 Å². The Bertz CT molecular complexity index is 1020. The second kappa shape index (κ2) is 6.04. The minimum atomic E-state index is -1.00. The second-order valence-corrected chi connectivity index (χ2v) is 5.30. The van der Waals surface area contributed by atoms with Gasteiger partial charge in [0.05, 0.1) is 11.3 Å². The summed E-state index contributed by atoms with van der Waals surface area (Å²) in [7, 11) is 0. The average molecular weight is 332 g/mol. The van der Waals surface area contributed by atoms with E-state index in [4.69, 9.17) is 9.52 Å². The largest absolute Gasteiger partial charge is 0.478 e. The third kappa shape index (κ3) is 2.90. The molecule has 0 radical (unpaired) electrons. The van der Waals surface area contributed by atoms with Gasteiger partial charge < -0.3 is 9.52 Å². The molecular weight excluding hydrogens is 320 g/mol. The number of benzene rings is 2. The highest BCUT2D eigenvalue weighted by molar-refractivity contribution is 5.89. The van der Waals surface area contributed by atoms with E-state index in [1.54, 1.807) is 23.0 Å². The Morgan fingerprint density at radius 1 is 0.960 bits per heavy atom. The van der Waals surface area contributed by atoms with Crippen LogP contribution in [0.4, 0.5) is 0 Å². The Balaban J connectivity index is 1.63. The number of aromatic carboxylic acids is 1. The number of hydrogen-bond acceptors (Lipinski definition) is 5. The third-order valence-corrected chi connectivity index (χ3v) is 3.66. The van der Waals surface area contributed by atoms with Gasteiger partial charge in [-0.3, -0.25) is 0 Å². The summed E-state index contributed by atoms with van der Waals surface area (Å²) in [5.74, 6) is -0.368. The van der Waals surface area contributed by atoms with Crippen molar-refractivity contribution in [2.75, 3.05) is 0 Å². The zero-order chi connectivity index (χ0) is 17.2. The van der Waals surface area contributed by atoms with Crippen molar-refractivity contribution in [3.05, 3.63) is 72.6 Å². The SMILES string of the molecule is O=C(O)c1cccc(-c2nnc(-c3ccc(-n4cccn4)cc3)o2)c1. The van der Waals surface area contributed by atoms with Gasteiger partial charge in [-0.1, -0.05) is 6.07 Å². The molecule has 1 N–H and O–H groups in total. The van der Waals surface area contributed by atoms with Gasteiger partial charge in [-0.25, -0.2) is 9.48 Å². The van der Waals surface area contributed by atoms with Gasteiger partial charge in [0.25, 0.3) is 0 Å². The maximum atomic E-state index is 11.1. The third-order valence-electron chi connectivity index (χ3n) is 3.66. The first-order valence-electron chi connectivity index (χ1n) is 7.48. The van der Waals surface area contributed by atoms with Crippen molar-refractivity contribution in [3.63, 3.8) is 0 Å². The number of hydrogen-bond donors (Lipinski definition) is 1. The summed E-state index contributed by atoms with van der Waals surface area (Å²) in [4.78, 5) is 11.1. The predicted octanol–water partition coefficient (Wildman–Crippen LogP) is 3.29. The van der Waals surface area contributed by atoms with Gasteiger partial charge in [0.2, 0.25) is 11.8 Å². The Hall–Kier alpha value is -3.74. The van der Waals surface area contributed by atoms with Gasteiger partial charge in [0.15, 0.2) is 0 Å². The number of carboxylic acids is 1. The fourth-order valence-electron chi connectivity index (χ4n) is 2.42. The van der Waals surface area contributed by atoms with Crippen LogP contribution in [0.3, 0.4) is 0 Å². The molecule has 0 saturated carbocycles. The number of nitrogens with zero attached hydrogens (tertiary/aromatic N) is 4. The molecule has 2 aromatic carbocycles. The first-order chi connectivity index (χ1) is 12.2. The molecular formula is C18H12N4O3. The molecule has 2 aromatic heterocycles. The van der Waals surface area contributed by atoms with Gasteiger partial charge in [-0.05, 0) is 48.5 Å². The average Bonchev–Trinajstić information content (AvgIpc) is 3.34. The quantitative estimate of drug-likeness (QED) is 0.616. The summed E-state index contributed by atoms with van der Waals surface area (Å²) in [5.41, 5.74) is 2.42. The van der Waals surface area contributed by atoms with Crippen LogP contribution in [-0.4, -0.2) is 31.1 Å². The highest BCUT2D eigenvalue weighted by atomic mass is 16.4. The van der Waals surface area contributed by atoms with E-state index in [1.807, 2.05) is 36.5 Å². The smallest absolute Gasteiger partial charge is 0.335 e. The van der Waals surface area contributed by atoms with Gasteiger partial charge in [-0.2, -0.15) is 5.10 Å². The van der Waals surface area contributed by atoms with Crippen LogP contribution in [0.25, 0.3) is 28.6 Å². The lowest BCUT2D eigenvalue weighted by Crippen LogP contribution is -1.95. The Kier molecular flexibility index (Phi) is 3.59. The van der Waals surface area contributed by atoms with Crippen LogP contribution in [0, 0.1) is 0 Å². The highest BCUT2D eigenvalue weighted by Gasteiger charge is 2.12. The zero-order valence-corrected chi connectivity index (χ0v) is 12.9. The van der Waals surface area contributed by atoms with Gasteiger partial charge in [0, 0.05) is 23.5 Å². The van der Waals surface area contributed by atoms with E-state index < -0.39 is 5.97 Å². The second-order valence-electron chi connectivity index (χ2n) is 5.30. The summed E-state index contributed by atoms with van der Waals surface area (Å²) < 4.78 is 7.43. The van der Waals surface area contributed by atoms with E-state index in [1.165, 1.54) is 12.1 Å². The van der Waals surface area contributed by atoms with Crippen molar-refractivity contribution in [1.82, 2.24) is 20.0 Å². The van der Waals surface area contributed by atoms with E-state index in [0.717, 1.165) is 11.3 Å². The molecule has 2 heterocycles. The van der Waals surface area contributed by atoms with E-state index in [0.29, 0.717) is 11.5 Å². The molecule has 0 aliphatic heterocycles. The van der Waals surface area contributed by atoms with Crippen LogP contribution in [0.5, 0.6) is 0 Å². The molecule has 25 heavy (non-hydrogen) atoms. The lowest BCUT2D eigenvalue weighted by molar-refractivity contribution is 0.0697. The Morgan fingerprint density at radius 3 is 2.40 bits per heavy atom. The molecule has 7 heteroatoms. The van der Waals surface area contributed by atoms with Crippen LogP contribution in [0.1, 0.15) is 10.4 Å². The summed E-state index contributed by atoms with van der Waals surface area (Å²) in [5, 5.41) is 21.3. The molecule has 0 atom stereocenters. The molecule has 4 aromatic rings. The first-order valence-corrected chi connectivity index (χ1v) is 7.48. The minimum Gasteiger partial charge on any atom is -0.478 e. The number of aromatic nitrogens is 4. The minimum absolute atomic E-state index is 0.167. The van der Waals surface area contributed by atoms with Crippen LogP contribution in [0.2, 0.25) is 0 Å².